The zero-order valence-electron chi connectivity index (χ0n) is 28.4. The van der Waals surface area contributed by atoms with Crippen LogP contribution in [0, 0.1) is 0 Å². The number of hydrogen-bond acceptors (Lipinski definition) is 5. The fourth-order valence-electron chi connectivity index (χ4n) is 8.39. The number of benzene rings is 7. The topological polar surface area (TPSA) is 52.1 Å². The number of hydrogen-bond donors (Lipinski definition) is 0. The first-order chi connectivity index (χ1) is 26.2. The molecule has 0 aliphatic carbocycles. The van der Waals surface area contributed by atoms with Crippen LogP contribution in [0.15, 0.2) is 166 Å². The van der Waals surface area contributed by atoms with E-state index < -0.39 is 0 Å². The first kappa shape index (κ1) is 28.4. The van der Waals surface area contributed by atoms with E-state index in [1.165, 1.54) is 0 Å². The molecule has 0 amide bonds. The highest BCUT2D eigenvalue weighted by molar-refractivity contribution is 6.22. The van der Waals surface area contributed by atoms with Gasteiger partial charge in [-0.3, -0.25) is 9.47 Å². The molecule has 0 unspecified atom stereocenters. The monoisotopic (exact) mass is 681 g/mol. The molecule has 0 bridgehead atoms. The Hall–Kier alpha value is -7.27. The van der Waals surface area contributed by atoms with Crippen LogP contribution in [0.3, 0.4) is 0 Å². The summed E-state index contributed by atoms with van der Waals surface area (Å²) in [5.74, 6) is 3.79. The molecule has 248 valence electrons. The van der Waals surface area contributed by atoms with Gasteiger partial charge in [-0.05, 0) is 61.5 Å². The van der Waals surface area contributed by atoms with Gasteiger partial charge in [-0.25, -0.2) is 4.99 Å². The third-order valence-electron chi connectivity index (χ3n) is 10.7. The van der Waals surface area contributed by atoms with Crippen molar-refractivity contribution in [1.29, 1.82) is 0 Å². The van der Waals surface area contributed by atoms with Gasteiger partial charge in [-0.1, -0.05) is 91.0 Å². The van der Waals surface area contributed by atoms with Gasteiger partial charge in [-0.15, -0.1) is 5.73 Å². The Morgan fingerprint density at radius 3 is 2.13 bits per heavy atom. The molecular weight excluding hydrogens is 655 g/mol. The molecule has 6 nitrogen and oxygen atoms in total. The van der Waals surface area contributed by atoms with E-state index in [0.717, 1.165) is 112 Å². The van der Waals surface area contributed by atoms with Crippen LogP contribution in [-0.2, 0) is 0 Å². The summed E-state index contributed by atoms with van der Waals surface area (Å²) < 4.78 is 22.4. The van der Waals surface area contributed by atoms with Gasteiger partial charge in [-0.2, -0.15) is 0 Å². The van der Waals surface area contributed by atoms with Crippen molar-refractivity contribution >= 4 is 77.9 Å². The molecule has 0 fully saturated rings. The van der Waals surface area contributed by atoms with Crippen LogP contribution < -0.4 is 14.4 Å². The number of rotatable bonds is 1. The second kappa shape index (κ2) is 10.4. The summed E-state index contributed by atoms with van der Waals surface area (Å²) in [7, 11) is 0. The first-order valence-corrected chi connectivity index (χ1v) is 17.7. The Labute approximate surface area is 303 Å². The molecule has 2 aromatic heterocycles. The fourth-order valence-corrected chi connectivity index (χ4v) is 8.39. The summed E-state index contributed by atoms with van der Waals surface area (Å²) in [5, 5.41) is 4.25. The third kappa shape index (κ3) is 3.85. The molecule has 3 aliphatic heterocycles. The summed E-state index contributed by atoms with van der Waals surface area (Å²) in [6, 6.07) is 49.8. The molecule has 53 heavy (non-hydrogen) atoms. The van der Waals surface area contributed by atoms with Crippen LogP contribution in [0.1, 0.15) is 18.1 Å². The Kier molecular flexibility index (Phi) is 5.57. The second-order valence-corrected chi connectivity index (χ2v) is 13.6. The lowest BCUT2D eigenvalue weighted by molar-refractivity contribution is 0.449. The number of para-hydroxylation sites is 8. The Balaban J connectivity index is 1.18. The van der Waals surface area contributed by atoms with Gasteiger partial charge >= 0.3 is 0 Å². The van der Waals surface area contributed by atoms with Gasteiger partial charge in [0.05, 0.1) is 22.6 Å². The van der Waals surface area contributed by atoms with Crippen LogP contribution in [0.4, 0.5) is 22.7 Å². The standard InChI is InChI=1S/C47H27N3O3/c1-27-25-33(32-17-12-16-31-30-15-4-9-22-39(30)52-45(31)32)28-13-2-5-18-35(28)48-47(27)50-36-19-6-3-14-29(36)34-26-42-44-46(43(34)50)53-41-24-11-8-21-38(41)49(44)37-20-7-10-23-40(37)51-42/h2-24,26H,1H3. The number of fused-ring (bicyclic) bond motifs is 12. The highest BCUT2D eigenvalue weighted by Crippen LogP contribution is 2.62. The molecule has 0 radical (unpaired) electrons. The third-order valence-corrected chi connectivity index (χ3v) is 10.7. The van der Waals surface area contributed by atoms with Crippen LogP contribution in [0.2, 0.25) is 0 Å². The van der Waals surface area contributed by atoms with Gasteiger partial charge in [0.2, 0.25) is 0 Å². The zero-order valence-corrected chi connectivity index (χ0v) is 28.4. The van der Waals surface area contributed by atoms with Crippen LogP contribution in [0.25, 0.3) is 49.3 Å². The van der Waals surface area contributed by atoms with Crippen LogP contribution in [-0.4, -0.2) is 10.4 Å². The molecule has 3 aliphatic rings. The summed E-state index contributed by atoms with van der Waals surface area (Å²) in [4.78, 5) is 7.76. The zero-order chi connectivity index (χ0) is 34.8. The molecule has 0 saturated heterocycles. The lowest BCUT2D eigenvalue weighted by Gasteiger charge is -2.38. The lowest BCUT2D eigenvalue weighted by Crippen LogP contribution is -2.21. The number of nitrogens with zero attached hydrogens (tertiary/aromatic N) is 3. The first-order valence-electron chi connectivity index (χ1n) is 17.7. The van der Waals surface area contributed by atoms with Crippen LogP contribution >= 0.6 is 0 Å². The molecule has 0 N–H and O–H groups in total. The van der Waals surface area contributed by atoms with E-state index in [0.29, 0.717) is 5.75 Å². The van der Waals surface area contributed by atoms with Crippen LogP contribution in [0.5, 0.6) is 23.0 Å². The summed E-state index contributed by atoms with van der Waals surface area (Å²) >= 11 is 0. The van der Waals surface area contributed by atoms with Gasteiger partial charge in [0.25, 0.3) is 0 Å². The highest BCUT2D eigenvalue weighted by atomic mass is 16.5. The van der Waals surface area contributed by atoms with Crippen molar-refractivity contribution in [3.05, 3.63) is 168 Å². The maximum absolute atomic E-state index is 6.97. The van der Waals surface area contributed by atoms with Crippen molar-refractivity contribution in [3.8, 4) is 23.0 Å². The smallest absolute Gasteiger partial charge is 0.180 e. The molecule has 7 aromatic carbocycles. The largest absolute Gasteiger partial charge is 0.455 e. The second-order valence-electron chi connectivity index (χ2n) is 13.6. The number of furan rings is 1. The molecule has 6 heteroatoms. The van der Waals surface area contributed by atoms with E-state index in [1.807, 2.05) is 54.6 Å². The molecule has 0 saturated carbocycles. The number of anilines is 3. The van der Waals surface area contributed by atoms with E-state index in [-0.39, 0.29) is 0 Å². The van der Waals surface area contributed by atoms with E-state index in [9.17, 15) is 0 Å². The van der Waals surface area contributed by atoms with Crippen molar-refractivity contribution in [2.45, 2.75) is 6.92 Å². The molecular formula is C47H27N3O3. The summed E-state index contributed by atoms with van der Waals surface area (Å²) in [5.41, 5.74) is 14.9. The van der Waals surface area contributed by atoms with Crippen molar-refractivity contribution in [2.75, 3.05) is 4.90 Å². The predicted octanol–water partition coefficient (Wildman–Crippen LogP) is 12.9. The minimum atomic E-state index is 0.714. The quantitative estimate of drug-likeness (QED) is 0.162. The van der Waals surface area contributed by atoms with E-state index in [4.69, 9.17) is 18.9 Å². The van der Waals surface area contributed by atoms with Crippen molar-refractivity contribution in [2.24, 2.45) is 4.99 Å². The minimum absolute atomic E-state index is 0.714. The van der Waals surface area contributed by atoms with E-state index in [2.05, 4.69) is 113 Å². The normalized spacial score (nSPS) is 14.1. The maximum atomic E-state index is 6.97. The molecule has 5 heterocycles. The summed E-state index contributed by atoms with van der Waals surface area (Å²) in [6.07, 6.45) is 0. The highest BCUT2D eigenvalue weighted by Gasteiger charge is 2.38. The lowest BCUT2D eigenvalue weighted by atomic mass is 9.95. The Bertz CT molecular complexity index is 3180. The Morgan fingerprint density at radius 2 is 1.26 bits per heavy atom. The van der Waals surface area contributed by atoms with E-state index in [1.54, 1.807) is 0 Å². The molecule has 0 atom stereocenters. The average molecular weight is 682 g/mol. The van der Waals surface area contributed by atoms with Gasteiger partial charge in [0.15, 0.2) is 23.0 Å². The fraction of sp³-hybridized carbons (Fsp3) is 0.0213. The Morgan fingerprint density at radius 1 is 0.585 bits per heavy atom. The number of aliphatic imine (C=N–C) groups is 1. The van der Waals surface area contributed by atoms with Gasteiger partial charge < -0.3 is 13.9 Å². The predicted molar refractivity (Wildman–Crippen MR) is 212 cm³/mol. The number of aromatic nitrogens is 1. The molecule has 0 spiro atoms. The van der Waals surface area contributed by atoms with E-state index >= 15 is 0 Å². The van der Waals surface area contributed by atoms with Crippen molar-refractivity contribution in [3.63, 3.8) is 0 Å². The number of ether oxygens (including phenoxy) is 2. The van der Waals surface area contributed by atoms with Gasteiger partial charge in [0.1, 0.15) is 28.2 Å². The summed E-state index contributed by atoms with van der Waals surface area (Å²) in [6.45, 7) is 2.09. The van der Waals surface area contributed by atoms with Gasteiger partial charge in [0, 0.05) is 43.8 Å². The SMILES string of the molecule is CC1=C=C(c2cccc3c2oc2ccccc23)c2ccccc2N=C1n1c2ccccc2c2cc3c4c(c21)Oc1ccccc1N4c1ccccc1O3. The molecule has 12 rings (SSSR count). The van der Waals surface area contributed by atoms with Crippen molar-refractivity contribution in [1.82, 2.24) is 4.57 Å². The molecule has 9 aromatic rings. The average Bonchev–Trinajstić information content (AvgIpc) is 3.70. The maximum Gasteiger partial charge on any atom is 0.180 e. The van der Waals surface area contributed by atoms with Crippen molar-refractivity contribution < 1.29 is 13.9 Å². The number of allylic oxidation sites excluding steroid dienone is 1. The minimum Gasteiger partial charge on any atom is -0.455 e.